The Balaban J connectivity index is 0.000000324. The maximum atomic E-state index is 10.3. The second-order valence-electron chi connectivity index (χ2n) is 4.56. The summed E-state index contributed by atoms with van der Waals surface area (Å²) in [6, 6.07) is 0. The van der Waals surface area contributed by atoms with Crippen LogP contribution in [0.1, 0.15) is 51.4 Å². The topological polar surface area (TPSA) is 74.6 Å². The first-order chi connectivity index (χ1) is 8.61. The van der Waals surface area contributed by atoms with Crippen molar-refractivity contribution >= 4 is 11.9 Å². The molecule has 0 bridgehead atoms. The first-order valence-corrected chi connectivity index (χ1v) is 6.46. The number of carboxylic acid groups (broad SMARTS) is 2. The summed E-state index contributed by atoms with van der Waals surface area (Å²) in [6.45, 7) is 0. The van der Waals surface area contributed by atoms with E-state index < -0.39 is 11.9 Å². The zero-order valence-corrected chi connectivity index (χ0v) is 14.2. The summed E-state index contributed by atoms with van der Waals surface area (Å²) in [6.07, 6.45) is 11.4. The number of carbonyl (C=O) groups is 2. The summed E-state index contributed by atoms with van der Waals surface area (Å²) < 4.78 is 0. The fraction of sp³-hybridized carbons (Fsp3) is 0.571. The Hall–Kier alpha value is -0.957. The molecule has 0 amide bonds. The molecule has 0 aromatic carbocycles. The van der Waals surface area contributed by atoms with E-state index in [4.69, 9.17) is 10.2 Å². The number of carboxylic acids is 2. The second kappa shape index (κ2) is 9.91. The van der Waals surface area contributed by atoms with Gasteiger partial charge in [0.2, 0.25) is 0 Å². The van der Waals surface area contributed by atoms with Gasteiger partial charge >= 0.3 is 11.9 Å². The van der Waals surface area contributed by atoms with Gasteiger partial charge in [-0.3, -0.25) is 0 Å². The maximum absolute atomic E-state index is 10.3. The van der Waals surface area contributed by atoms with Gasteiger partial charge in [-0.1, -0.05) is 12.2 Å². The first-order valence-electron chi connectivity index (χ1n) is 6.46. The molecular formula is C14H20O4Zn. The maximum Gasteiger partial charge on any atom is 0.331 e. The minimum Gasteiger partial charge on any atom is -0.478 e. The molecule has 0 saturated heterocycles. The van der Waals surface area contributed by atoms with Crippen LogP contribution in [0.15, 0.2) is 23.3 Å². The second-order valence-corrected chi connectivity index (χ2v) is 4.56. The van der Waals surface area contributed by atoms with E-state index in [2.05, 4.69) is 0 Å². The van der Waals surface area contributed by atoms with Gasteiger partial charge in [0.05, 0.1) is 0 Å². The van der Waals surface area contributed by atoms with Crippen molar-refractivity contribution in [2.24, 2.45) is 0 Å². The Morgan fingerprint density at radius 3 is 1.32 bits per heavy atom. The van der Waals surface area contributed by atoms with Crippen LogP contribution in [0.3, 0.4) is 0 Å². The third-order valence-electron chi connectivity index (χ3n) is 3.13. The van der Waals surface area contributed by atoms with Gasteiger partial charge < -0.3 is 10.2 Å². The van der Waals surface area contributed by atoms with Crippen LogP contribution in [0.4, 0.5) is 0 Å². The summed E-state index contributed by atoms with van der Waals surface area (Å²) >= 11 is 0. The van der Waals surface area contributed by atoms with Gasteiger partial charge in [-0.2, -0.15) is 0 Å². The fourth-order valence-electron chi connectivity index (χ4n) is 2.06. The van der Waals surface area contributed by atoms with Gasteiger partial charge in [0, 0.05) is 30.6 Å². The third kappa shape index (κ3) is 7.26. The zero-order valence-electron chi connectivity index (χ0n) is 11.2. The van der Waals surface area contributed by atoms with E-state index in [-0.39, 0.29) is 19.5 Å². The van der Waals surface area contributed by atoms with Crippen molar-refractivity contribution in [3.63, 3.8) is 0 Å². The summed E-state index contributed by atoms with van der Waals surface area (Å²) in [5, 5.41) is 16.9. The fourth-order valence-corrected chi connectivity index (χ4v) is 2.06. The molecule has 0 radical (unpaired) electrons. The quantitative estimate of drug-likeness (QED) is 0.767. The van der Waals surface area contributed by atoms with Gasteiger partial charge in [0.15, 0.2) is 0 Å². The third-order valence-corrected chi connectivity index (χ3v) is 3.13. The summed E-state index contributed by atoms with van der Waals surface area (Å²) in [5.74, 6) is -1.48. The van der Waals surface area contributed by atoms with E-state index in [1.807, 2.05) is 12.2 Å². The smallest absolute Gasteiger partial charge is 0.331 e. The number of hydrogen-bond acceptors (Lipinski definition) is 2. The Labute approximate surface area is 126 Å². The largest absolute Gasteiger partial charge is 0.478 e. The average Bonchev–Trinajstić information content (AvgIpc) is 2.41. The predicted molar refractivity (Wildman–Crippen MR) is 68.4 cm³/mol. The molecule has 19 heavy (non-hydrogen) atoms. The van der Waals surface area contributed by atoms with Crippen molar-refractivity contribution in [2.45, 2.75) is 51.4 Å². The van der Waals surface area contributed by atoms with Gasteiger partial charge in [0.25, 0.3) is 0 Å². The molecule has 0 aromatic heterocycles. The molecule has 4 nitrogen and oxygen atoms in total. The van der Waals surface area contributed by atoms with E-state index in [0.717, 1.165) is 51.4 Å². The van der Waals surface area contributed by atoms with Crippen LogP contribution >= 0.6 is 0 Å². The molecule has 2 aliphatic carbocycles. The zero-order chi connectivity index (χ0) is 13.4. The SMILES string of the molecule is O=C(O)C1=CCCCC1.O=C(O)C1=CCCCC1.[Zn]. The molecule has 0 fully saturated rings. The minimum absolute atomic E-state index is 0. The Morgan fingerprint density at radius 1 is 0.789 bits per heavy atom. The Kier molecular flexibility index (Phi) is 9.41. The van der Waals surface area contributed by atoms with Crippen LogP contribution in [0.2, 0.25) is 0 Å². The van der Waals surface area contributed by atoms with E-state index in [1.54, 1.807) is 0 Å². The standard InChI is InChI=1S/2C7H10O2.Zn/c2*8-7(9)6-4-2-1-3-5-6;/h2*4H,1-3,5H2,(H,8,9);. The van der Waals surface area contributed by atoms with E-state index in [9.17, 15) is 9.59 Å². The Bertz CT molecular complexity index is 336. The van der Waals surface area contributed by atoms with Gasteiger partial charge in [-0.05, 0) is 51.4 Å². The van der Waals surface area contributed by atoms with Gasteiger partial charge in [-0.15, -0.1) is 0 Å². The molecule has 102 valence electrons. The average molecular weight is 318 g/mol. The van der Waals surface area contributed by atoms with Gasteiger partial charge in [-0.25, -0.2) is 9.59 Å². The van der Waals surface area contributed by atoms with Crippen LogP contribution in [0.5, 0.6) is 0 Å². The normalized spacial score (nSPS) is 17.9. The molecule has 5 heteroatoms. The number of hydrogen-bond donors (Lipinski definition) is 2. The molecule has 0 aromatic rings. The van der Waals surface area contributed by atoms with E-state index in [1.165, 1.54) is 0 Å². The van der Waals surface area contributed by atoms with Crippen LogP contribution in [-0.2, 0) is 29.1 Å². The van der Waals surface area contributed by atoms with E-state index in [0.29, 0.717) is 11.1 Å². The predicted octanol–water partition coefficient (Wildman–Crippen LogP) is 3.14. The molecule has 0 heterocycles. The van der Waals surface area contributed by atoms with E-state index >= 15 is 0 Å². The molecule has 2 aliphatic rings. The minimum atomic E-state index is -0.741. The van der Waals surface area contributed by atoms with Crippen molar-refractivity contribution < 1.29 is 39.3 Å². The van der Waals surface area contributed by atoms with Crippen molar-refractivity contribution in [3.8, 4) is 0 Å². The molecule has 0 spiro atoms. The molecule has 2 N–H and O–H groups in total. The first kappa shape index (κ1) is 18.0. The molecule has 0 atom stereocenters. The number of rotatable bonds is 2. The monoisotopic (exact) mass is 316 g/mol. The van der Waals surface area contributed by atoms with Gasteiger partial charge in [0.1, 0.15) is 0 Å². The van der Waals surface area contributed by atoms with Crippen LogP contribution < -0.4 is 0 Å². The van der Waals surface area contributed by atoms with Crippen LogP contribution in [-0.4, -0.2) is 22.2 Å². The van der Waals surface area contributed by atoms with Crippen LogP contribution in [0.25, 0.3) is 0 Å². The molecular weight excluding hydrogens is 298 g/mol. The molecule has 0 unspecified atom stereocenters. The molecule has 2 rings (SSSR count). The number of allylic oxidation sites excluding steroid dienone is 2. The Morgan fingerprint density at radius 2 is 1.16 bits per heavy atom. The number of aliphatic carboxylic acids is 2. The summed E-state index contributed by atoms with van der Waals surface area (Å²) in [4.78, 5) is 20.6. The molecule has 0 saturated carbocycles. The molecule has 0 aliphatic heterocycles. The van der Waals surface area contributed by atoms with Crippen LogP contribution in [0, 0.1) is 0 Å². The van der Waals surface area contributed by atoms with Crippen molar-refractivity contribution in [1.82, 2.24) is 0 Å². The van der Waals surface area contributed by atoms with Crippen molar-refractivity contribution in [1.29, 1.82) is 0 Å². The van der Waals surface area contributed by atoms with Crippen molar-refractivity contribution in [2.75, 3.05) is 0 Å². The summed E-state index contributed by atoms with van der Waals surface area (Å²) in [5.41, 5.74) is 1.20. The van der Waals surface area contributed by atoms with Crippen molar-refractivity contribution in [3.05, 3.63) is 23.3 Å². The summed E-state index contributed by atoms with van der Waals surface area (Å²) in [7, 11) is 0.